The Kier molecular flexibility index (Phi) is 5.13. The summed E-state index contributed by atoms with van der Waals surface area (Å²) in [6.45, 7) is 2.07. The molecule has 0 N–H and O–H groups in total. The van der Waals surface area contributed by atoms with Gasteiger partial charge in [-0.25, -0.2) is 0 Å². The molecule has 0 saturated heterocycles. The molecule has 0 bridgehead atoms. The third-order valence-corrected chi connectivity index (χ3v) is 2.95. The summed E-state index contributed by atoms with van der Waals surface area (Å²) in [6.07, 6.45) is 2.92. The largest absolute Gasteiger partial charge is 0.299 e. The van der Waals surface area contributed by atoms with E-state index in [1.54, 1.807) is 18.2 Å². The Bertz CT molecular complexity index is 327. The fraction of sp³-hybridized carbons (Fsp3) is 0.417. The van der Waals surface area contributed by atoms with Gasteiger partial charge in [0.15, 0.2) is 0 Å². The molecular formula is C12H14Cl2O. The molecule has 15 heavy (non-hydrogen) atoms. The molecule has 0 heterocycles. The number of carbonyl (C=O) groups excluding carboxylic acids is 1. The maximum atomic E-state index is 11.6. The first kappa shape index (κ1) is 12.5. The van der Waals surface area contributed by atoms with E-state index in [0.717, 1.165) is 18.4 Å². The molecule has 1 aromatic carbocycles. The number of benzene rings is 1. The zero-order valence-electron chi connectivity index (χ0n) is 8.72. The van der Waals surface area contributed by atoms with E-state index >= 15 is 0 Å². The zero-order chi connectivity index (χ0) is 11.3. The molecule has 0 saturated carbocycles. The zero-order valence-corrected chi connectivity index (χ0v) is 10.2. The second-order valence-corrected chi connectivity index (χ2v) is 4.33. The van der Waals surface area contributed by atoms with Gasteiger partial charge in [-0.1, -0.05) is 42.6 Å². The van der Waals surface area contributed by atoms with Gasteiger partial charge in [0.1, 0.15) is 5.78 Å². The minimum Gasteiger partial charge on any atom is -0.299 e. The van der Waals surface area contributed by atoms with Gasteiger partial charge in [0.2, 0.25) is 0 Å². The fourth-order valence-corrected chi connectivity index (χ4v) is 1.89. The van der Waals surface area contributed by atoms with Crippen LogP contribution >= 0.6 is 23.2 Å². The number of hydrogen-bond donors (Lipinski definition) is 0. The number of hydrogen-bond acceptors (Lipinski definition) is 1. The smallest absolute Gasteiger partial charge is 0.137 e. The minimum atomic E-state index is 0.201. The number of rotatable bonds is 5. The van der Waals surface area contributed by atoms with E-state index in [0.29, 0.717) is 22.9 Å². The number of halogens is 2. The summed E-state index contributed by atoms with van der Waals surface area (Å²) in [6, 6.07) is 5.30. The summed E-state index contributed by atoms with van der Waals surface area (Å²) >= 11 is 11.9. The lowest BCUT2D eigenvalue weighted by Crippen LogP contribution is -2.03. The van der Waals surface area contributed by atoms with Crippen molar-refractivity contribution >= 4 is 29.0 Å². The lowest BCUT2D eigenvalue weighted by atomic mass is 10.1. The van der Waals surface area contributed by atoms with Crippen molar-refractivity contribution < 1.29 is 4.79 Å². The Labute approximate surface area is 100 Å². The normalized spacial score (nSPS) is 10.3. The summed E-state index contributed by atoms with van der Waals surface area (Å²) < 4.78 is 0. The molecule has 1 nitrogen and oxygen atoms in total. The Morgan fingerprint density at radius 2 is 1.87 bits per heavy atom. The highest BCUT2D eigenvalue weighted by molar-refractivity contribution is 6.36. The second kappa shape index (κ2) is 6.14. The highest BCUT2D eigenvalue weighted by Gasteiger charge is 2.09. The van der Waals surface area contributed by atoms with Crippen LogP contribution in [0, 0.1) is 0 Å². The van der Waals surface area contributed by atoms with Crippen LogP contribution in [0.5, 0.6) is 0 Å². The maximum Gasteiger partial charge on any atom is 0.137 e. The third-order valence-electron chi connectivity index (χ3n) is 2.24. The first-order valence-electron chi connectivity index (χ1n) is 5.09. The van der Waals surface area contributed by atoms with Crippen LogP contribution in [-0.2, 0) is 11.2 Å². The van der Waals surface area contributed by atoms with Gasteiger partial charge >= 0.3 is 0 Å². The molecule has 0 aliphatic heterocycles. The number of unbranched alkanes of at least 4 members (excludes halogenated alkanes) is 1. The van der Waals surface area contributed by atoms with Gasteiger partial charge in [0.05, 0.1) is 0 Å². The van der Waals surface area contributed by atoms with Crippen LogP contribution in [0.4, 0.5) is 0 Å². The number of ketones is 1. The van der Waals surface area contributed by atoms with Gasteiger partial charge in [-0.15, -0.1) is 0 Å². The van der Waals surface area contributed by atoms with Gasteiger partial charge in [0, 0.05) is 22.9 Å². The predicted octanol–water partition coefficient (Wildman–Crippen LogP) is 4.30. The molecule has 82 valence electrons. The highest BCUT2D eigenvalue weighted by Crippen LogP contribution is 2.25. The van der Waals surface area contributed by atoms with Crippen molar-refractivity contribution in [1.82, 2.24) is 0 Å². The molecular weight excluding hydrogens is 231 g/mol. The van der Waals surface area contributed by atoms with Crippen LogP contribution in [0.3, 0.4) is 0 Å². The van der Waals surface area contributed by atoms with Crippen LogP contribution in [0.1, 0.15) is 31.7 Å². The first-order valence-corrected chi connectivity index (χ1v) is 5.85. The van der Waals surface area contributed by atoms with Crippen molar-refractivity contribution in [3.05, 3.63) is 33.8 Å². The van der Waals surface area contributed by atoms with E-state index in [1.165, 1.54) is 0 Å². The predicted molar refractivity (Wildman–Crippen MR) is 64.7 cm³/mol. The molecule has 0 radical (unpaired) electrons. The fourth-order valence-electron chi connectivity index (χ4n) is 1.36. The number of carbonyl (C=O) groups is 1. The molecule has 0 aliphatic carbocycles. The number of Topliss-reactive ketones (excluding diaryl/α,β-unsaturated/α-hetero) is 1. The quantitative estimate of drug-likeness (QED) is 0.756. The Morgan fingerprint density at radius 1 is 1.27 bits per heavy atom. The lowest BCUT2D eigenvalue weighted by Gasteiger charge is -2.05. The van der Waals surface area contributed by atoms with Crippen molar-refractivity contribution in [2.24, 2.45) is 0 Å². The molecule has 0 unspecified atom stereocenters. The summed E-state index contributed by atoms with van der Waals surface area (Å²) in [5, 5.41) is 1.15. The minimum absolute atomic E-state index is 0.201. The Hall–Kier alpha value is -0.530. The van der Waals surface area contributed by atoms with Gasteiger partial charge in [-0.3, -0.25) is 4.79 Å². The second-order valence-electron chi connectivity index (χ2n) is 3.52. The van der Waals surface area contributed by atoms with Crippen molar-refractivity contribution in [3.63, 3.8) is 0 Å². The summed E-state index contributed by atoms with van der Waals surface area (Å²) in [5.41, 5.74) is 0.752. The van der Waals surface area contributed by atoms with E-state index in [2.05, 4.69) is 6.92 Å². The standard InChI is InChI=1S/C12H14Cl2O/c1-2-3-5-9(15)8-10-11(13)6-4-7-12(10)14/h4,6-7H,2-3,5,8H2,1H3. The van der Waals surface area contributed by atoms with Gasteiger partial charge < -0.3 is 0 Å². The van der Waals surface area contributed by atoms with E-state index in [9.17, 15) is 4.79 Å². The van der Waals surface area contributed by atoms with Crippen LogP contribution in [0.25, 0.3) is 0 Å². The molecule has 0 fully saturated rings. The van der Waals surface area contributed by atoms with Gasteiger partial charge in [-0.05, 0) is 24.1 Å². The van der Waals surface area contributed by atoms with Crippen molar-refractivity contribution in [2.75, 3.05) is 0 Å². The molecule has 0 spiro atoms. The molecule has 0 aromatic heterocycles. The maximum absolute atomic E-state index is 11.6. The van der Waals surface area contributed by atoms with E-state index in [1.807, 2.05) is 0 Å². The van der Waals surface area contributed by atoms with Crippen molar-refractivity contribution in [1.29, 1.82) is 0 Å². The van der Waals surface area contributed by atoms with Crippen LogP contribution in [0.2, 0.25) is 10.0 Å². The van der Waals surface area contributed by atoms with E-state index in [-0.39, 0.29) is 5.78 Å². The summed E-state index contributed by atoms with van der Waals surface area (Å²) in [5.74, 6) is 0.201. The van der Waals surface area contributed by atoms with Crippen molar-refractivity contribution in [3.8, 4) is 0 Å². The molecule has 1 aromatic rings. The SMILES string of the molecule is CCCCC(=O)Cc1c(Cl)cccc1Cl. The Morgan fingerprint density at radius 3 is 2.40 bits per heavy atom. The molecule has 0 amide bonds. The monoisotopic (exact) mass is 244 g/mol. The summed E-state index contributed by atoms with van der Waals surface area (Å²) in [4.78, 5) is 11.6. The molecule has 3 heteroatoms. The third kappa shape index (κ3) is 3.84. The Balaban J connectivity index is 2.68. The van der Waals surface area contributed by atoms with E-state index in [4.69, 9.17) is 23.2 Å². The average molecular weight is 245 g/mol. The van der Waals surface area contributed by atoms with Crippen LogP contribution in [-0.4, -0.2) is 5.78 Å². The van der Waals surface area contributed by atoms with E-state index < -0.39 is 0 Å². The average Bonchev–Trinajstić information content (AvgIpc) is 2.21. The van der Waals surface area contributed by atoms with Gasteiger partial charge in [-0.2, -0.15) is 0 Å². The topological polar surface area (TPSA) is 17.1 Å². The molecule has 1 rings (SSSR count). The molecule has 0 aliphatic rings. The van der Waals surface area contributed by atoms with Gasteiger partial charge in [0.25, 0.3) is 0 Å². The van der Waals surface area contributed by atoms with Crippen LogP contribution < -0.4 is 0 Å². The molecule has 0 atom stereocenters. The van der Waals surface area contributed by atoms with Crippen LogP contribution in [0.15, 0.2) is 18.2 Å². The first-order chi connectivity index (χ1) is 7.15. The van der Waals surface area contributed by atoms with Crippen molar-refractivity contribution in [2.45, 2.75) is 32.6 Å². The summed E-state index contributed by atoms with van der Waals surface area (Å²) in [7, 11) is 0. The lowest BCUT2D eigenvalue weighted by molar-refractivity contribution is -0.118. The highest BCUT2D eigenvalue weighted by atomic mass is 35.5.